The molecule has 29 heavy (non-hydrogen) atoms. The van der Waals surface area contributed by atoms with E-state index >= 15 is 0 Å². The van der Waals surface area contributed by atoms with Crippen LogP contribution in [0.5, 0.6) is 5.75 Å². The zero-order chi connectivity index (χ0) is 20.4. The van der Waals surface area contributed by atoms with E-state index in [1.807, 2.05) is 36.4 Å². The van der Waals surface area contributed by atoms with E-state index in [4.69, 9.17) is 9.15 Å². The Labute approximate surface area is 180 Å². The van der Waals surface area contributed by atoms with Gasteiger partial charge in [-0.15, -0.1) is 0 Å². The van der Waals surface area contributed by atoms with Crippen LogP contribution in [0, 0.1) is 3.57 Å². The molecule has 6 heteroatoms. The first-order chi connectivity index (χ1) is 14.1. The summed E-state index contributed by atoms with van der Waals surface area (Å²) in [6.07, 6.45) is 0. The number of nitrogens with one attached hydrogen (secondary N) is 1. The highest BCUT2D eigenvalue weighted by Crippen LogP contribution is 2.31. The normalized spacial score (nSPS) is 10.7. The molecule has 0 aliphatic heterocycles. The maximum atomic E-state index is 12.7. The van der Waals surface area contributed by atoms with Gasteiger partial charge in [0.1, 0.15) is 11.3 Å². The van der Waals surface area contributed by atoms with Crippen LogP contribution in [-0.4, -0.2) is 13.0 Å². The lowest BCUT2D eigenvalue weighted by Crippen LogP contribution is -2.14. The Balaban J connectivity index is 1.76. The molecule has 1 heterocycles. The molecule has 0 saturated carbocycles. The minimum atomic E-state index is -0.441. The summed E-state index contributed by atoms with van der Waals surface area (Å²) in [7, 11) is 1.53. The van der Waals surface area contributed by atoms with Crippen LogP contribution in [-0.2, 0) is 0 Å². The molecule has 0 saturated heterocycles. The van der Waals surface area contributed by atoms with E-state index < -0.39 is 5.63 Å². The Bertz CT molecular complexity index is 1280. The SMILES string of the molecule is COc1ccc(-c2cc3ccccc3oc2=O)cc1NC(=O)c1ccccc1I. The summed E-state index contributed by atoms with van der Waals surface area (Å²) in [6.45, 7) is 0. The van der Waals surface area contributed by atoms with Crippen molar-refractivity contribution in [2.24, 2.45) is 0 Å². The number of fused-ring (bicyclic) bond motifs is 1. The third kappa shape index (κ3) is 3.88. The van der Waals surface area contributed by atoms with Crippen LogP contribution < -0.4 is 15.7 Å². The van der Waals surface area contributed by atoms with Gasteiger partial charge in [0.25, 0.3) is 5.91 Å². The Morgan fingerprint density at radius 2 is 1.76 bits per heavy atom. The van der Waals surface area contributed by atoms with Gasteiger partial charge in [-0.2, -0.15) is 0 Å². The predicted octanol–water partition coefficient (Wildman–Crippen LogP) is 5.33. The molecule has 1 aromatic heterocycles. The Kier molecular flexibility index (Phi) is 5.35. The summed E-state index contributed by atoms with van der Waals surface area (Å²) in [4.78, 5) is 25.2. The highest BCUT2D eigenvalue weighted by Gasteiger charge is 2.15. The number of methoxy groups -OCH3 is 1. The molecule has 0 aliphatic rings. The number of rotatable bonds is 4. The van der Waals surface area contributed by atoms with Crippen molar-refractivity contribution in [1.29, 1.82) is 0 Å². The number of carbonyl (C=O) groups excluding carboxylic acids is 1. The molecule has 3 aromatic carbocycles. The number of halogens is 1. The molecule has 0 atom stereocenters. The van der Waals surface area contributed by atoms with E-state index in [0.717, 1.165) is 8.96 Å². The third-order valence-corrected chi connectivity index (χ3v) is 5.46. The smallest absolute Gasteiger partial charge is 0.344 e. The highest BCUT2D eigenvalue weighted by molar-refractivity contribution is 14.1. The fourth-order valence-electron chi connectivity index (χ4n) is 3.07. The van der Waals surface area contributed by atoms with Crippen LogP contribution in [0.1, 0.15) is 10.4 Å². The Hall–Kier alpha value is -3.13. The zero-order valence-corrected chi connectivity index (χ0v) is 17.6. The summed E-state index contributed by atoms with van der Waals surface area (Å²) in [5.41, 5.74) is 2.16. The maximum Gasteiger partial charge on any atom is 0.344 e. The van der Waals surface area contributed by atoms with E-state index in [-0.39, 0.29) is 5.91 Å². The average Bonchev–Trinajstić information content (AvgIpc) is 2.73. The quantitative estimate of drug-likeness (QED) is 0.306. The minimum absolute atomic E-state index is 0.254. The predicted molar refractivity (Wildman–Crippen MR) is 122 cm³/mol. The van der Waals surface area contributed by atoms with E-state index in [9.17, 15) is 9.59 Å². The lowest BCUT2D eigenvalue weighted by molar-refractivity contribution is 0.102. The third-order valence-electron chi connectivity index (χ3n) is 4.52. The van der Waals surface area contributed by atoms with Gasteiger partial charge in [-0.05, 0) is 64.6 Å². The monoisotopic (exact) mass is 497 g/mol. The van der Waals surface area contributed by atoms with E-state index in [0.29, 0.717) is 33.7 Å². The number of amides is 1. The van der Waals surface area contributed by atoms with Gasteiger partial charge in [-0.25, -0.2) is 4.79 Å². The van der Waals surface area contributed by atoms with E-state index in [2.05, 4.69) is 27.9 Å². The fraction of sp³-hybridized carbons (Fsp3) is 0.0435. The molecule has 1 N–H and O–H groups in total. The first-order valence-electron chi connectivity index (χ1n) is 8.84. The van der Waals surface area contributed by atoms with Gasteiger partial charge in [0.15, 0.2) is 0 Å². The Morgan fingerprint density at radius 3 is 2.55 bits per heavy atom. The van der Waals surface area contributed by atoms with Gasteiger partial charge in [0.05, 0.1) is 23.9 Å². The molecular weight excluding hydrogens is 481 g/mol. The van der Waals surface area contributed by atoms with Crippen molar-refractivity contribution in [1.82, 2.24) is 0 Å². The standard InChI is InChI=1S/C23H16INO4/c1-28-21-11-10-14(17-12-15-6-2-5-9-20(15)29-23(17)27)13-19(21)25-22(26)16-7-3-4-8-18(16)24/h2-13H,1H3,(H,25,26). The average molecular weight is 497 g/mol. The van der Waals surface area contributed by atoms with Crippen LogP contribution in [0.4, 0.5) is 5.69 Å². The number of ether oxygens (including phenoxy) is 1. The van der Waals surface area contributed by atoms with Crippen molar-refractivity contribution in [3.8, 4) is 16.9 Å². The van der Waals surface area contributed by atoms with Gasteiger partial charge in [-0.3, -0.25) is 4.79 Å². The number of hydrogen-bond acceptors (Lipinski definition) is 4. The first-order valence-corrected chi connectivity index (χ1v) is 9.92. The number of anilines is 1. The first kappa shape index (κ1) is 19.2. The van der Waals surface area contributed by atoms with Crippen molar-refractivity contribution in [3.05, 3.63) is 92.4 Å². The zero-order valence-electron chi connectivity index (χ0n) is 15.4. The number of carbonyl (C=O) groups is 1. The molecule has 1 amide bonds. The second kappa shape index (κ2) is 8.08. The maximum absolute atomic E-state index is 12.7. The lowest BCUT2D eigenvalue weighted by atomic mass is 10.0. The largest absolute Gasteiger partial charge is 0.495 e. The molecule has 4 rings (SSSR count). The van der Waals surface area contributed by atoms with Gasteiger partial charge < -0.3 is 14.5 Å². The highest BCUT2D eigenvalue weighted by atomic mass is 127. The van der Waals surface area contributed by atoms with Crippen LogP contribution in [0.3, 0.4) is 0 Å². The molecule has 0 radical (unpaired) electrons. The topological polar surface area (TPSA) is 68.5 Å². The number of hydrogen-bond donors (Lipinski definition) is 1. The van der Waals surface area contributed by atoms with Crippen LogP contribution >= 0.6 is 22.6 Å². The fourth-order valence-corrected chi connectivity index (χ4v) is 3.70. The van der Waals surface area contributed by atoms with Crippen molar-refractivity contribution < 1.29 is 13.9 Å². The number of benzene rings is 3. The van der Waals surface area contributed by atoms with Crippen molar-refractivity contribution in [2.75, 3.05) is 12.4 Å². The molecule has 144 valence electrons. The van der Waals surface area contributed by atoms with Gasteiger partial charge in [0, 0.05) is 8.96 Å². The van der Waals surface area contributed by atoms with E-state index in [1.165, 1.54) is 7.11 Å². The van der Waals surface area contributed by atoms with E-state index in [1.54, 1.807) is 36.4 Å². The van der Waals surface area contributed by atoms with Crippen molar-refractivity contribution in [2.45, 2.75) is 0 Å². The van der Waals surface area contributed by atoms with Crippen LogP contribution in [0.15, 0.2) is 82.0 Å². The van der Waals surface area contributed by atoms with Gasteiger partial charge >= 0.3 is 5.63 Å². The second-order valence-corrected chi connectivity index (χ2v) is 7.50. The Morgan fingerprint density at radius 1 is 1.00 bits per heavy atom. The van der Waals surface area contributed by atoms with Crippen molar-refractivity contribution in [3.63, 3.8) is 0 Å². The molecule has 0 aliphatic carbocycles. The summed E-state index contributed by atoms with van der Waals surface area (Å²) in [5.74, 6) is 0.245. The molecule has 0 fully saturated rings. The summed E-state index contributed by atoms with van der Waals surface area (Å²) < 4.78 is 11.7. The van der Waals surface area contributed by atoms with Gasteiger partial charge in [0.2, 0.25) is 0 Å². The summed E-state index contributed by atoms with van der Waals surface area (Å²) in [6, 6.07) is 21.6. The molecule has 4 aromatic rings. The molecule has 0 spiro atoms. The molecule has 5 nitrogen and oxygen atoms in total. The number of para-hydroxylation sites is 1. The molecule has 0 bridgehead atoms. The lowest BCUT2D eigenvalue weighted by Gasteiger charge is -2.13. The van der Waals surface area contributed by atoms with Crippen LogP contribution in [0.2, 0.25) is 0 Å². The van der Waals surface area contributed by atoms with Crippen LogP contribution in [0.25, 0.3) is 22.1 Å². The molecular formula is C23H16INO4. The second-order valence-electron chi connectivity index (χ2n) is 6.33. The van der Waals surface area contributed by atoms with Gasteiger partial charge in [-0.1, -0.05) is 36.4 Å². The summed E-state index contributed by atoms with van der Waals surface area (Å²) in [5, 5.41) is 3.71. The summed E-state index contributed by atoms with van der Waals surface area (Å²) >= 11 is 2.12. The minimum Gasteiger partial charge on any atom is -0.495 e. The molecule has 0 unspecified atom stereocenters. The van der Waals surface area contributed by atoms with Crippen molar-refractivity contribution >= 4 is 45.2 Å².